The first-order chi connectivity index (χ1) is 8.76. The summed E-state index contributed by atoms with van der Waals surface area (Å²) in [7, 11) is 1.89. The molecule has 0 bridgehead atoms. The van der Waals surface area contributed by atoms with Crippen LogP contribution in [0.3, 0.4) is 0 Å². The monoisotopic (exact) mass is 265 g/mol. The van der Waals surface area contributed by atoms with Crippen LogP contribution < -0.4 is 5.32 Å². The summed E-state index contributed by atoms with van der Waals surface area (Å²) in [6, 6.07) is 3.72. The van der Waals surface area contributed by atoms with Crippen LogP contribution in [0.25, 0.3) is 0 Å². The number of pyridine rings is 1. The topological polar surface area (TPSA) is 55.6 Å². The molecule has 2 rings (SSSR count). The third-order valence-electron chi connectivity index (χ3n) is 2.71. The van der Waals surface area contributed by atoms with E-state index >= 15 is 0 Å². The van der Waals surface area contributed by atoms with Gasteiger partial charge in [-0.15, -0.1) is 5.10 Å². The van der Waals surface area contributed by atoms with Crippen molar-refractivity contribution in [3.8, 4) is 0 Å². The van der Waals surface area contributed by atoms with Gasteiger partial charge in [0.25, 0.3) is 0 Å². The van der Waals surface area contributed by atoms with Gasteiger partial charge in [0.05, 0.1) is 28.6 Å². The highest BCUT2D eigenvalue weighted by molar-refractivity contribution is 6.30. The highest BCUT2D eigenvalue weighted by Gasteiger charge is 2.18. The predicted octanol–water partition coefficient (Wildman–Crippen LogP) is 2.05. The van der Waals surface area contributed by atoms with Crippen molar-refractivity contribution in [1.29, 1.82) is 0 Å². The van der Waals surface area contributed by atoms with Gasteiger partial charge < -0.3 is 5.32 Å². The van der Waals surface area contributed by atoms with Crippen LogP contribution in [0.15, 0.2) is 24.5 Å². The SMILES string of the molecule is CCCn1nncc1C(NC)c1ccc(Cl)cn1. The Morgan fingerprint density at radius 2 is 2.22 bits per heavy atom. The summed E-state index contributed by atoms with van der Waals surface area (Å²) in [6.45, 7) is 2.96. The Morgan fingerprint density at radius 1 is 1.39 bits per heavy atom. The number of nitrogens with one attached hydrogen (secondary N) is 1. The number of rotatable bonds is 5. The smallest absolute Gasteiger partial charge is 0.0935 e. The van der Waals surface area contributed by atoms with Crippen LogP contribution in [0.4, 0.5) is 0 Å². The molecule has 1 unspecified atom stereocenters. The predicted molar refractivity (Wildman–Crippen MR) is 70.5 cm³/mol. The Balaban J connectivity index is 2.32. The molecular formula is C12H16ClN5. The number of nitrogens with zero attached hydrogens (tertiary/aromatic N) is 4. The van der Waals surface area contributed by atoms with Gasteiger partial charge in [-0.05, 0) is 25.6 Å². The van der Waals surface area contributed by atoms with E-state index < -0.39 is 0 Å². The number of hydrogen-bond donors (Lipinski definition) is 1. The van der Waals surface area contributed by atoms with Crippen molar-refractivity contribution in [2.45, 2.75) is 25.9 Å². The van der Waals surface area contributed by atoms with E-state index in [1.54, 1.807) is 12.4 Å². The molecule has 6 heteroatoms. The van der Waals surface area contributed by atoms with E-state index in [9.17, 15) is 0 Å². The fraction of sp³-hybridized carbons (Fsp3) is 0.417. The summed E-state index contributed by atoms with van der Waals surface area (Å²) >= 11 is 5.85. The summed E-state index contributed by atoms with van der Waals surface area (Å²) < 4.78 is 1.90. The zero-order chi connectivity index (χ0) is 13.0. The third-order valence-corrected chi connectivity index (χ3v) is 2.94. The minimum atomic E-state index is -0.0242. The number of aromatic nitrogens is 4. The van der Waals surface area contributed by atoms with Crippen molar-refractivity contribution in [1.82, 2.24) is 25.3 Å². The molecule has 0 saturated heterocycles. The van der Waals surface area contributed by atoms with E-state index in [0.29, 0.717) is 5.02 Å². The maximum atomic E-state index is 5.85. The summed E-state index contributed by atoms with van der Waals surface area (Å²) in [6.07, 6.45) is 4.43. The van der Waals surface area contributed by atoms with Crippen molar-refractivity contribution >= 4 is 11.6 Å². The molecule has 0 aliphatic rings. The molecule has 0 fully saturated rings. The van der Waals surface area contributed by atoms with Crippen LogP contribution in [-0.2, 0) is 6.54 Å². The van der Waals surface area contributed by atoms with Crippen molar-refractivity contribution < 1.29 is 0 Å². The Kier molecular flexibility index (Phi) is 4.28. The molecule has 5 nitrogen and oxygen atoms in total. The molecule has 0 spiro atoms. The fourth-order valence-corrected chi connectivity index (χ4v) is 1.99. The highest BCUT2D eigenvalue weighted by Crippen LogP contribution is 2.20. The first kappa shape index (κ1) is 13.0. The lowest BCUT2D eigenvalue weighted by atomic mass is 10.1. The first-order valence-corrected chi connectivity index (χ1v) is 6.31. The maximum absolute atomic E-state index is 5.85. The molecule has 0 aliphatic carbocycles. The lowest BCUT2D eigenvalue weighted by molar-refractivity contribution is 0.519. The van der Waals surface area contributed by atoms with Gasteiger partial charge in [0.1, 0.15) is 0 Å². The van der Waals surface area contributed by atoms with Crippen LogP contribution in [0.2, 0.25) is 5.02 Å². The standard InChI is InChI=1S/C12H16ClN5/c1-3-6-18-11(8-16-17-18)12(14-2)10-5-4-9(13)7-15-10/h4-5,7-8,12,14H,3,6H2,1-2H3. The van der Waals surface area contributed by atoms with Gasteiger partial charge in [-0.25, -0.2) is 4.68 Å². The molecular weight excluding hydrogens is 250 g/mol. The van der Waals surface area contributed by atoms with Crippen molar-refractivity contribution in [2.75, 3.05) is 7.05 Å². The molecule has 0 aromatic carbocycles. The van der Waals surface area contributed by atoms with Crippen molar-refractivity contribution in [3.63, 3.8) is 0 Å². The average molecular weight is 266 g/mol. The van der Waals surface area contributed by atoms with E-state index in [1.165, 1.54) is 0 Å². The zero-order valence-corrected chi connectivity index (χ0v) is 11.2. The van der Waals surface area contributed by atoms with Crippen molar-refractivity contribution in [2.24, 2.45) is 0 Å². The molecule has 2 heterocycles. The molecule has 0 radical (unpaired) electrons. The average Bonchev–Trinajstić information content (AvgIpc) is 2.82. The number of halogens is 1. The Labute approximate surface area is 111 Å². The van der Waals surface area contributed by atoms with Gasteiger partial charge in [0.2, 0.25) is 0 Å². The second-order valence-corrected chi connectivity index (χ2v) is 4.44. The molecule has 1 N–H and O–H groups in total. The van der Waals surface area contributed by atoms with Gasteiger partial charge in [0.15, 0.2) is 0 Å². The molecule has 0 saturated carbocycles. The number of hydrogen-bond acceptors (Lipinski definition) is 4. The van der Waals surface area contributed by atoms with Crippen LogP contribution in [0, 0.1) is 0 Å². The summed E-state index contributed by atoms with van der Waals surface area (Å²) in [4.78, 5) is 4.34. The fourth-order valence-electron chi connectivity index (χ4n) is 1.88. The lowest BCUT2D eigenvalue weighted by Gasteiger charge is -2.16. The van der Waals surface area contributed by atoms with E-state index in [0.717, 1.165) is 24.4 Å². The molecule has 2 aromatic heterocycles. The summed E-state index contributed by atoms with van der Waals surface area (Å²) in [5.74, 6) is 0. The summed E-state index contributed by atoms with van der Waals surface area (Å²) in [5, 5.41) is 11.9. The van der Waals surface area contributed by atoms with Crippen LogP contribution in [0.5, 0.6) is 0 Å². The molecule has 18 heavy (non-hydrogen) atoms. The molecule has 1 atom stereocenters. The molecule has 0 aliphatic heterocycles. The highest BCUT2D eigenvalue weighted by atomic mass is 35.5. The Bertz CT molecular complexity index is 493. The Morgan fingerprint density at radius 3 is 2.83 bits per heavy atom. The largest absolute Gasteiger partial charge is 0.307 e. The second kappa shape index (κ2) is 5.93. The van der Waals surface area contributed by atoms with E-state index in [1.807, 2.05) is 23.9 Å². The van der Waals surface area contributed by atoms with Crippen LogP contribution in [-0.4, -0.2) is 27.0 Å². The quantitative estimate of drug-likeness (QED) is 0.899. The van der Waals surface area contributed by atoms with Crippen LogP contribution >= 0.6 is 11.6 Å². The zero-order valence-electron chi connectivity index (χ0n) is 10.5. The van der Waals surface area contributed by atoms with Gasteiger partial charge in [-0.1, -0.05) is 23.7 Å². The molecule has 0 amide bonds. The molecule has 96 valence electrons. The third kappa shape index (κ3) is 2.68. The summed E-state index contributed by atoms with van der Waals surface area (Å²) in [5.41, 5.74) is 1.91. The normalized spacial score (nSPS) is 12.6. The van der Waals surface area contributed by atoms with Gasteiger partial charge in [0, 0.05) is 12.7 Å². The lowest BCUT2D eigenvalue weighted by Crippen LogP contribution is -2.22. The van der Waals surface area contributed by atoms with Crippen LogP contribution in [0.1, 0.15) is 30.8 Å². The van der Waals surface area contributed by atoms with E-state index in [-0.39, 0.29) is 6.04 Å². The van der Waals surface area contributed by atoms with Gasteiger partial charge in [-0.3, -0.25) is 4.98 Å². The minimum Gasteiger partial charge on any atom is -0.307 e. The first-order valence-electron chi connectivity index (χ1n) is 5.93. The van der Waals surface area contributed by atoms with E-state index in [4.69, 9.17) is 11.6 Å². The maximum Gasteiger partial charge on any atom is 0.0935 e. The second-order valence-electron chi connectivity index (χ2n) is 4.00. The molecule has 2 aromatic rings. The minimum absolute atomic E-state index is 0.0242. The van der Waals surface area contributed by atoms with Crippen molar-refractivity contribution in [3.05, 3.63) is 40.9 Å². The van der Waals surface area contributed by atoms with Gasteiger partial charge in [-0.2, -0.15) is 0 Å². The number of aryl methyl sites for hydroxylation is 1. The van der Waals surface area contributed by atoms with Gasteiger partial charge >= 0.3 is 0 Å². The van der Waals surface area contributed by atoms with E-state index in [2.05, 4.69) is 27.5 Å². The Hall–Kier alpha value is -1.46.